The molecule has 0 saturated carbocycles. The maximum absolute atomic E-state index is 13.0. The first-order valence-electron chi connectivity index (χ1n) is 12.2. The quantitative estimate of drug-likeness (QED) is 0.325. The summed E-state index contributed by atoms with van der Waals surface area (Å²) in [7, 11) is 0. The number of carbonyl (C=O) groups is 2. The molecule has 0 spiro atoms. The number of amides is 2. The van der Waals surface area contributed by atoms with Gasteiger partial charge in [-0.3, -0.25) is 9.59 Å². The molecule has 2 aromatic carbocycles. The van der Waals surface area contributed by atoms with E-state index in [0.717, 1.165) is 24.6 Å². The SMILES string of the molecule is CC1(N)CCN(c2nnc(Sc3cccc(NC(=O)C4=C(O)CN(c5ccccc5)C4=O)c3Cl)c(N)n2)CC1. The number of para-hydroxylation sites is 1. The lowest BCUT2D eigenvalue weighted by Gasteiger charge is -2.36. The molecule has 202 valence electrons. The van der Waals surface area contributed by atoms with Gasteiger partial charge in [-0.2, -0.15) is 4.98 Å². The predicted molar refractivity (Wildman–Crippen MR) is 151 cm³/mol. The molecule has 1 aromatic heterocycles. The molecule has 6 N–H and O–H groups in total. The van der Waals surface area contributed by atoms with E-state index in [2.05, 4.69) is 20.5 Å². The summed E-state index contributed by atoms with van der Waals surface area (Å²) in [6, 6.07) is 13.8. The van der Waals surface area contributed by atoms with Crippen molar-refractivity contribution in [2.24, 2.45) is 5.73 Å². The van der Waals surface area contributed by atoms with E-state index in [1.165, 1.54) is 4.90 Å². The number of hydrogen-bond donors (Lipinski definition) is 4. The highest BCUT2D eigenvalue weighted by Gasteiger charge is 2.36. The van der Waals surface area contributed by atoms with Crippen molar-refractivity contribution in [3.05, 3.63) is 64.9 Å². The molecule has 3 aromatic rings. The molecule has 2 aliphatic heterocycles. The Labute approximate surface area is 234 Å². The van der Waals surface area contributed by atoms with Crippen LogP contribution in [-0.2, 0) is 9.59 Å². The number of hydrogen-bond acceptors (Lipinski definition) is 10. The van der Waals surface area contributed by atoms with E-state index in [4.69, 9.17) is 23.1 Å². The van der Waals surface area contributed by atoms with E-state index in [-0.39, 0.29) is 39.9 Å². The van der Waals surface area contributed by atoms with Crippen molar-refractivity contribution in [3.63, 3.8) is 0 Å². The maximum Gasteiger partial charge on any atom is 0.267 e. The van der Waals surface area contributed by atoms with E-state index in [9.17, 15) is 14.7 Å². The lowest BCUT2D eigenvalue weighted by atomic mass is 9.91. The lowest BCUT2D eigenvalue weighted by molar-refractivity contribution is -0.119. The zero-order valence-corrected chi connectivity index (χ0v) is 22.7. The Hall–Kier alpha value is -3.87. The predicted octanol–water partition coefficient (Wildman–Crippen LogP) is 3.37. The summed E-state index contributed by atoms with van der Waals surface area (Å²) < 4.78 is 0. The summed E-state index contributed by atoms with van der Waals surface area (Å²) >= 11 is 7.75. The fourth-order valence-corrected chi connectivity index (χ4v) is 5.40. The van der Waals surface area contributed by atoms with Gasteiger partial charge >= 0.3 is 0 Å². The van der Waals surface area contributed by atoms with Gasteiger partial charge in [0.2, 0.25) is 5.95 Å². The van der Waals surface area contributed by atoms with Gasteiger partial charge in [-0.1, -0.05) is 47.6 Å². The Morgan fingerprint density at radius 1 is 1.13 bits per heavy atom. The highest BCUT2D eigenvalue weighted by molar-refractivity contribution is 7.99. The second-order valence-corrected chi connectivity index (χ2v) is 11.1. The third-order valence-electron chi connectivity index (χ3n) is 6.63. The van der Waals surface area contributed by atoms with Crippen molar-refractivity contribution >= 4 is 58.3 Å². The molecule has 0 radical (unpaired) electrons. The van der Waals surface area contributed by atoms with Gasteiger partial charge in [0.1, 0.15) is 11.3 Å². The monoisotopic (exact) mass is 566 g/mol. The van der Waals surface area contributed by atoms with Gasteiger partial charge in [-0.25, -0.2) is 0 Å². The molecule has 11 nitrogen and oxygen atoms in total. The van der Waals surface area contributed by atoms with Gasteiger partial charge in [0, 0.05) is 29.2 Å². The third-order valence-corrected chi connectivity index (χ3v) is 8.19. The van der Waals surface area contributed by atoms with Crippen LogP contribution in [0, 0.1) is 0 Å². The van der Waals surface area contributed by atoms with E-state index < -0.39 is 11.8 Å². The largest absolute Gasteiger partial charge is 0.509 e. The van der Waals surface area contributed by atoms with E-state index in [1.54, 1.807) is 42.5 Å². The third kappa shape index (κ3) is 5.63. The summed E-state index contributed by atoms with van der Waals surface area (Å²) in [5.74, 6) is -1.04. The molecule has 39 heavy (non-hydrogen) atoms. The van der Waals surface area contributed by atoms with Gasteiger partial charge < -0.3 is 31.7 Å². The van der Waals surface area contributed by atoms with Crippen LogP contribution in [0.25, 0.3) is 0 Å². The number of aliphatic hydroxyl groups excluding tert-OH is 1. The molecule has 3 heterocycles. The van der Waals surface area contributed by atoms with E-state index in [0.29, 0.717) is 34.6 Å². The van der Waals surface area contributed by atoms with Crippen LogP contribution < -0.4 is 26.6 Å². The van der Waals surface area contributed by atoms with Crippen molar-refractivity contribution in [2.45, 2.75) is 35.2 Å². The average Bonchev–Trinajstić information content (AvgIpc) is 3.21. The summed E-state index contributed by atoms with van der Waals surface area (Å²) in [4.78, 5) is 34.2. The van der Waals surface area contributed by atoms with E-state index >= 15 is 0 Å². The Morgan fingerprint density at radius 2 is 1.85 bits per heavy atom. The summed E-state index contributed by atoms with van der Waals surface area (Å²) in [5.41, 5.74) is 12.7. The van der Waals surface area contributed by atoms with Gasteiger partial charge in [-0.15, -0.1) is 10.2 Å². The molecule has 2 aliphatic rings. The Balaban J connectivity index is 1.29. The number of benzene rings is 2. The zero-order valence-electron chi connectivity index (χ0n) is 21.1. The Kier molecular flexibility index (Phi) is 7.34. The second-order valence-electron chi connectivity index (χ2n) is 9.67. The second kappa shape index (κ2) is 10.7. The molecule has 0 aliphatic carbocycles. The first kappa shape index (κ1) is 26.7. The average molecular weight is 567 g/mol. The van der Waals surface area contributed by atoms with Gasteiger partial charge in [0.25, 0.3) is 11.8 Å². The van der Waals surface area contributed by atoms with Crippen molar-refractivity contribution in [1.29, 1.82) is 0 Å². The Morgan fingerprint density at radius 3 is 2.54 bits per heavy atom. The summed E-state index contributed by atoms with van der Waals surface area (Å²) in [6.07, 6.45) is 1.62. The molecular formula is C26H27ClN8O3S. The zero-order chi connectivity index (χ0) is 27.7. The van der Waals surface area contributed by atoms with Crippen molar-refractivity contribution in [1.82, 2.24) is 15.2 Å². The summed E-state index contributed by atoms with van der Waals surface area (Å²) in [5, 5.41) is 22.1. The smallest absolute Gasteiger partial charge is 0.267 e. The van der Waals surface area contributed by atoms with Gasteiger partial charge in [0.05, 0.1) is 17.3 Å². The first-order chi connectivity index (χ1) is 18.6. The molecule has 1 saturated heterocycles. The Bertz CT molecular complexity index is 1460. The number of anilines is 4. The van der Waals surface area contributed by atoms with E-state index in [1.807, 2.05) is 17.9 Å². The topological polar surface area (TPSA) is 164 Å². The number of aromatic nitrogens is 3. The highest BCUT2D eigenvalue weighted by atomic mass is 35.5. The first-order valence-corrected chi connectivity index (χ1v) is 13.4. The maximum atomic E-state index is 13.0. The minimum Gasteiger partial charge on any atom is -0.509 e. The number of nitrogen functional groups attached to an aromatic ring is 1. The van der Waals surface area contributed by atoms with Crippen molar-refractivity contribution in [3.8, 4) is 0 Å². The van der Waals surface area contributed by atoms with Crippen LogP contribution in [0.4, 0.5) is 23.1 Å². The fourth-order valence-electron chi connectivity index (χ4n) is 4.32. The summed E-state index contributed by atoms with van der Waals surface area (Å²) in [6.45, 7) is 3.36. The number of rotatable bonds is 6. The number of aliphatic hydroxyl groups is 1. The van der Waals surface area contributed by atoms with Crippen LogP contribution in [0.1, 0.15) is 19.8 Å². The molecule has 0 unspecified atom stereocenters. The standard InChI is InChI=1S/C26H27ClN8O3S/c1-26(29)10-12-34(13-11-26)25-31-21(28)23(32-33-25)39-18-9-5-8-16(20(18)27)30-22(37)19-17(36)14-35(24(19)38)15-6-3-2-4-7-15/h2-9,36H,10-14,29H2,1H3,(H,30,37)(H2,28,31,33). The molecule has 5 rings (SSSR count). The van der Waals surface area contributed by atoms with Crippen molar-refractivity contribution in [2.75, 3.05) is 40.5 Å². The number of nitrogens with one attached hydrogen (secondary N) is 1. The molecule has 0 bridgehead atoms. The van der Waals surface area contributed by atoms with Crippen LogP contribution in [0.2, 0.25) is 5.02 Å². The minimum atomic E-state index is -0.764. The number of nitrogens with two attached hydrogens (primary N) is 2. The molecule has 2 amide bonds. The van der Waals surface area contributed by atoms with Crippen LogP contribution in [0.5, 0.6) is 0 Å². The number of halogens is 1. The van der Waals surface area contributed by atoms with Gasteiger partial charge in [-0.05, 0) is 44.0 Å². The molecule has 1 fully saturated rings. The molecule has 13 heteroatoms. The number of carbonyl (C=O) groups excluding carboxylic acids is 2. The van der Waals surface area contributed by atoms with Crippen molar-refractivity contribution < 1.29 is 14.7 Å². The highest BCUT2D eigenvalue weighted by Crippen LogP contribution is 2.39. The van der Waals surface area contributed by atoms with Gasteiger partial charge in [0.15, 0.2) is 10.8 Å². The normalized spacial score (nSPS) is 17.1. The fraction of sp³-hybridized carbons (Fsp3) is 0.269. The van der Waals surface area contributed by atoms with Crippen LogP contribution in [0.3, 0.4) is 0 Å². The van der Waals surface area contributed by atoms with Crippen LogP contribution in [0.15, 0.2) is 69.8 Å². The number of piperidine rings is 1. The molecular weight excluding hydrogens is 540 g/mol. The van der Waals surface area contributed by atoms with Crippen LogP contribution in [-0.4, -0.2) is 57.3 Å². The van der Waals surface area contributed by atoms with Crippen LogP contribution >= 0.6 is 23.4 Å². The number of nitrogens with zero attached hydrogens (tertiary/aromatic N) is 5. The minimum absolute atomic E-state index is 0.0981. The molecule has 0 atom stereocenters. The lowest BCUT2D eigenvalue weighted by Crippen LogP contribution is -2.48.